The predicted molar refractivity (Wildman–Crippen MR) is 80.4 cm³/mol. The Kier molecular flexibility index (Phi) is 3.81. The maximum Gasteiger partial charge on any atom is 0.224 e. The third kappa shape index (κ3) is 2.55. The van der Waals surface area contributed by atoms with Crippen molar-refractivity contribution in [2.75, 3.05) is 12.4 Å². The highest BCUT2D eigenvalue weighted by Crippen LogP contribution is 2.37. The van der Waals surface area contributed by atoms with Crippen molar-refractivity contribution in [3.05, 3.63) is 58.9 Å². The zero-order valence-corrected chi connectivity index (χ0v) is 12.1. The number of rotatable bonds is 3. The number of para-hydroxylation sites is 1. The van der Waals surface area contributed by atoms with E-state index < -0.39 is 11.9 Å². The minimum Gasteiger partial charge on any atom is -0.496 e. The molecule has 0 bridgehead atoms. The normalized spacial score (nSPS) is 15.0. The van der Waals surface area contributed by atoms with Gasteiger partial charge >= 0.3 is 0 Å². The SMILES string of the molecule is COc1ccccc1C(O)c1cc(F)cc2c1NC(=O)CC2. The van der Waals surface area contributed by atoms with Crippen molar-refractivity contribution in [2.24, 2.45) is 0 Å². The fourth-order valence-corrected chi connectivity index (χ4v) is 2.76. The monoisotopic (exact) mass is 301 g/mol. The van der Waals surface area contributed by atoms with Gasteiger partial charge in [-0.15, -0.1) is 0 Å². The van der Waals surface area contributed by atoms with Crippen LogP contribution in [0.4, 0.5) is 10.1 Å². The Morgan fingerprint density at radius 1 is 1.23 bits per heavy atom. The molecule has 0 saturated carbocycles. The smallest absolute Gasteiger partial charge is 0.224 e. The van der Waals surface area contributed by atoms with Crippen molar-refractivity contribution in [3.8, 4) is 5.75 Å². The van der Waals surface area contributed by atoms with E-state index in [4.69, 9.17) is 4.74 Å². The molecule has 0 spiro atoms. The molecule has 3 rings (SSSR count). The average Bonchev–Trinajstić information content (AvgIpc) is 2.53. The summed E-state index contributed by atoms with van der Waals surface area (Å²) in [7, 11) is 1.51. The zero-order chi connectivity index (χ0) is 15.7. The number of aliphatic hydroxyl groups is 1. The highest BCUT2D eigenvalue weighted by molar-refractivity contribution is 5.95. The molecule has 0 saturated heterocycles. The van der Waals surface area contributed by atoms with Crippen molar-refractivity contribution in [2.45, 2.75) is 18.9 Å². The Morgan fingerprint density at radius 2 is 2.00 bits per heavy atom. The molecule has 22 heavy (non-hydrogen) atoms. The van der Waals surface area contributed by atoms with Crippen LogP contribution in [-0.2, 0) is 11.2 Å². The number of benzene rings is 2. The first-order valence-electron chi connectivity index (χ1n) is 7.03. The fraction of sp³-hybridized carbons (Fsp3) is 0.235. The second kappa shape index (κ2) is 5.77. The summed E-state index contributed by atoms with van der Waals surface area (Å²) in [5.74, 6) is -0.0541. The number of carbonyl (C=O) groups is 1. The molecule has 1 aliphatic rings. The second-order valence-electron chi connectivity index (χ2n) is 5.22. The summed E-state index contributed by atoms with van der Waals surface area (Å²) in [5.41, 5.74) is 2.06. The summed E-state index contributed by atoms with van der Waals surface area (Å²) in [6, 6.07) is 9.65. The minimum absolute atomic E-state index is 0.132. The Bertz CT molecular complexity index is 730. The van der Waals surface area contributed by atoms with Gasteiger partial charge in [0.05, 0.1) is 12.8 Å². The molecule has 2 aromatic carbocycles. The highest BCUT2D eigenvalue weighted by Gasteiger charge is 2.25. The van der Waals surface area contributed by atoms with E-state index in [2.05, 4.69) is 5.32 Å². The molecule has 2 aromatic rings. The molecule has 4 nitrogen and oxygen atoms in total. The molecule has 5 heteroatoms. The van der Waals surface area contributed by atoms with Gasteiger partial charge in [0.2, 0.25) is 5.91 Å². The van der Waals surface area contributed by atoms with Crippen LogP contribution in [0.1, 0.15) is 29.2 Å². The number of amides is 1. The zero-order valence-electron chi connectivity index (χ0n) is 12.1. The molecule has 1 heterocycles. The maximum absolute atomic E-state index is 13.9. The number of aryl methyl sites for hydroxylation is 1. The molecule has 0 radical (unpaired) electrons. The Balaban J connectivity index is 2.11. The summed E-state index contributed by atoms with van der Waals surface area (Å²) in [6.07, 6.45) is -0.301. The number of hydrogen-bond donors (Lipinski definition) is 2. The summed E-state index contributed by atoms with van der Waals surface area (Å²) >= 11 is 0. The van der Waals surface area contributed by atoms with E-state index in [1.807, 2.05) is 0 Å². The number of methoxy groups -OCH3 is 1. The molecule has 1 unspecified atom stereocenters. The van der Waals surface area contributed by atoms with E-state index in [0.29, 0.717) is 41.0 Å². The molecule has 2 N–H and O–H groups in total. The molecule has 114 valence electrons. The summed E-state index contributed by atoms with van der Waals surface area (Å²) < 4.78 is 19.1. The minimum atomic E-state index is -1.08. The van der Waals surface area contributed by atoms with Crippen molar-refractivity contribution in [1.82, 2.24) is 0 Å². The van der Waals surface area contributed by atoms with Crippen LogP contribution in [0.2, 0.25) is 0 Å². The lowest BCUT2D eigenvalue weighted by Gasteiger charge is -2.24. The van der Waals surface area contributed by atoms with Crippen LogP contribution in [-0.4, -0.2) is 18.1 Å². The lowest BCUT2D eigenvalue weighted by molar-refractivity contribution is -0.116. The molecule has 0 aliphatic carbocycles. The van der Waals surface area contributed by atoms with Gasteiger partial charge in [-0.2, -0.15) is 0 Å². The van der Waals surface area contributed by atoms with Gasteiger partial charge in [-0.3, -0.25) is 4.79 Å². The standard InChI is InChI=1S/C17H16FNO3/c1-22-14-5-3-2-4-12(14)17(21)13-9-11(18)8-10-6-7-15(20)19-16(10)13/h2-5,8-9,17,21H,6-7H2,1H3,(H,19,20). The second-order valence-corrected chi connectivity index (χ2v) is 5.22. The molecule has 0 fully saturated rings. The molecular formula is C17H16FNO3. The maximum atomic E-state index is 13.9. The quantitative estimate of drug-likeness (QED) is 0.916. The first kappa shape index (κ1) is 14.5. The average molecular weight is 301 g/mol. The van der Waals surface area contributed by atoms with Crippen molar-refractivity contribution >= 4 is 11.6 Å². The topological polar surface area (TPSA) is 58.6 Å². The van der Waals surface area contributed by atoms with Crippen LogP contribution in [0, 0.1) is 5.82 Å². The third-order valence-electron chi connectivity index (χ3n) is 3.83. The predicted octanol–water partition coefficient (Wildman–Crippen LogP) is 2.80. The molecule has 0 aromatic heterocycles. The number of halogens is 1. The van der Waals surface area contributed by atoms with Crippen LogP contribution in [0.15, 0.2) is 36.4 Å². The van der Waals surface area contributed by atoms with Crippen LogP contribution >= 0.6 is 0 Å². The van der Waals surface area contributed by atoms with Gasteiger partial charge in [0, 0.05) is 17.5 Å². The lowest BCUT2D eigenvalue weighted by Crippen LogP contribution is -2.21. The van der Waals surface area contributed by atoms with Gasteiger partial charge in [0.15, 0.2) is 0 Å². The molecule has 1 amide bonds. The van der Waals surface area contributed by atoms with Crippen molar-refractivity contribution in [3.63, 3.8) is 0 Å². The number of nitrogens with one attached hydrogen (secondary N) is 1. The third-order valence-corrected chi connectivity index (χ3v) is 3.83. The number of fused-ring (bicyclic) bond motifs is 1. The lowest BCUT2D eigenvalue weighted by atomic mass is 9.93. The number of carbonyl (C=O) groups excluding carboxylic acids is 1. The van der Waals surface area contributed by atoms with Gasteiger partial charge in [-0.1, -0.05) is 18.2 Å². The summed E-state index contributed by atoms with van der Waals surface area (Å²) in [5, 5.41) is 13.4. The van der Waals surface area contributed by atoms with Crippen LogP contribution in [0.5, 0.6) is 5.75 Å². The van der Waals surface area contributed by atoms with E-state index in [-0.39, 0.29) is 5.91 Å². The molecule has 1 aliphatic heterocycles. The first-order valence-corrected chi connectivity index (χ1v) is 7.03. The highest BCUT2D eigenvalue weighted by atomic mass is 19.1. The number of anilines is 1. The van der Waals surface area contributed by atoms with E-state index in [9.17, 15) is 14.3 Å². The fourth-order valence-electron chi connectivity index (χ4n) is 2.76. The van der Waals surface area contributed by atoms with Crippen LogP contribution in [0.3, 0.4) is 0 Å². The number of hydrogen-bond acceptors (Lipinski definition) is 3. The molecular weight excluding hydrogens is 285 g/mol. The summed E-state index contributed by atoms with van der Waals surface area (Å²) in [4.78, 5) is 11.6. The van der Waals surface area contributed by atoms with Gasteiger partial charge in [0.1, 0.15) is 17.7 Å². The Labute approximate surface area is 127 Å². The van der Waals surface area contributed by atoms with E-state index in [0.717, 1.165) is 0 Å². The largest absolute Gasteiger partial charge is 0.496 e. The van der Waals surface area contributed by atoms with E-state index in [1.54, 1.807) is 24.3 Å². The van der Waals surface area contributed by atoms with Crippen LogP contribution in [0.25, 0.3) is 0 Å². The van der Waals surface area contributed by atoms with Gasteiger partial charge in [-0.25, -0.2) is 4.39 Å². The van der Waals surface area contributed by atoms with Gasteiger partial charge in [0.25, 0.3) is 0 Å². The molecule has 1 atom stereocenters. The van der Waals surface area contributed by atoms with E-state index in [1.165, 1.54) is 19.2 Å². The first-order chi connectivity index (χ1) is 10.6. The van der Waals surface area contributed by atoms with Crippen LogP contribution < -0.4 is 10.1 Å². The van der Waals surface area contributed by atoms with Crippen molar-refractivity contribution < 1.29 is 19.0 Å². The van der Waals surface area contributed by atoms with Crippen molar-refractivity contribution in [1.29, 1.82) is 0 Å². The number of aliphatic hydroxyl groups excluding tert-OH is 1. The Hall–Kier alpha value is -2.40. The number of ether oxygens (including phenoxy) is 1. The van der Waals surface area contributed by atoms with E-state index >= 15 is 0 Å². The Morgan fingerprint density at radius 3 is 2.77 bits per heavy atom. The summed E-state index contributed by atoms with van der Waals surface area (Å²) in [6.45, 7) is 0. The van der Waals surface area contributed by atoms with Gasteiger partial charge in [-0.05, 0) is 30.2 Å². The van der Waals surface area contributed by atoms with Gasteiger partial charge < -0.3 is 15.2 Å².